The lowest BCUT2D eigenvalue weighted by Gasteiger charge is -2.18. The molecule has 3 N–H and O–H groups in total. The zero-order valence-corrected chi connectivity index (χ0v) is 14.6. The number of hydrogen-bond donors (Lipinski definition) is 2. The Morgan fingerprint density at radius 1 is 1.38 bits per heavy atom. The Hall–Kier alpha value is -2.77. The predicted octanol–water partition coefficient (Wildman–Crippen LogP) is 1.59. The molecule has 136 valence electrons. The van der Waals surface area contributed by atoms with Gasteiger partial charge in [-0.05, 0) is 42.3 Å². The molecule has 0 bridgehead atoms. The van der Waals surface area contributed by atoms with Crippen LogP contribution in [0.4, 0.5) is 11.4 Å². The first-order valence-electron chi connectivity index (χ1n) is 8.50. The van der Waals surface area contributed by atoms with Crippen molar-refractivity contribution in [3.63, 3.8) is 0 Å². The largest absolute Gasteiger partial charge is 0.380 e. The number of pyridine rings is 1. The first-order chi connectivity index (χ1) is 12.6. The average Bonchev–Trinajstić information content (AvgIpc) is 3.09. The molecule has 1 unspecified atom stereocenters. The molecular weight excluding hydrogens is 332 g/mol. The van der Waals surface area contributed by atoms with Crippen molar-refractivity contribution in [2.75, 3.05) is 30.4 Å². The first-order valence-corrected chi connectivity index (χ1v) is 8.50. The molecular formula is C19H22N4O3. The SMILES string of the molecule is COC(CN)CC(=O)Nc1ccc2c(c1)CCN2C(=O)c1cccnc1. The summed E-state index contributed by atoms with van der Waals surface area (Å²) in [6.07, 6.45) is 3.86. The van der Waals surface area contributed by atoms with E-state index in [4.69, 9.17) is 10.5 Å². The molecule has 26 heavy (non-hydrogen) atoms. The van der Waals surface area contributed by atoms with Gasteiger partial charge in [0.15, 0.2) is 0 Å². The minimum Gasteiger partial charge on any atom is -0.380 e. The highest BCUT2D eigenvalue weighted by molar-refractivity contribution is 6.07. The van der Waals surface area contributed by atoms with Crippen LogP contribution < -0.4 is 16.0 Å². The number of methoxy groups -OCH3 is 1. The van der Waals surface area contributed by atoms with Gasteiger partial charge in [0.2, 0.25) is 5.91 Å². The van der Waals surface area contributed by atoms with Crippen LogP contribution in [0.5, 0.6) is 0 Å². The fourth-order valence-electron chi connectivity index (χ4n) is 3.02. The summed E-state index contributed by atoms with van der Waals surface area (Å²) in [5, 5.41) is 2.86. The molecule has 2 heterocycles. The molecule has 1 aliphatic rings. The van der Waals surface area contributed by atoms with E-state index in [-0.39, 0.29) is 24.3 Å². The summed E-state index contributed by atoms with van der Waals surface area (Å²) in [5.74, 6) is -0.219. The third-order valence-corrected chi connectivity index (χ3v) is 4.42. The van der Waals surface area contributed by atoms with Gasteiger partial charge in [0.25, 0.3) is 5.91 Å². The molecule has 1 aliphatic heterocycles. The molecule has 2 amide bonds. The molecule has 0 spiro atoms. The van der Waals surface area contributed by atoms with Crippen molar-refractivity contribution in [3.8, 4) is 0 Å². The summed E-state index contributed by atoms with van der Waals surface area (Å²) >= 11 is 0. The quantitative estimate of drug-likeness (QED) is 0.821. The lowest BCUT2D eigenvalue weighted by molar-refractivity contribution is -0.118. The number of rotatable bonds is 6. The maximum absolute atomic E-state index is 12.7. The van der Waals surface area contributed by atoms with Gasteiger partial charge >= 0.3 is 0 Å². The van der Waals surface area contributed by atoms with Gasteiger partial charge in [0, 0.05) is 44.0 Å². The second-order valence-corrected chi connectivity index (χ2v) is 6.14. The van der Waals surface area contributed by atoms with Crippen molar-refractivity contribution >= 4 is 23.2 Å². The van der Waals surface area contributed by atoms with Gasteiger partial charge in [0.1, 0.15) is 0 Å². The van der Waals surface area contributed by atoms with Crippen molar-refractivity contribution in [2.45, 2.75) is 18.9 Å². The van der Waals surface area contributed by atoms with E-state index in [9.17, 15) is 9.59 Å². The van der Waals surface area contributed by atoms with Crippen LogP contribution in [0.1, 0.15) is 22.3 Å². The van der Waals surface area contributed by atoms with E-state index in [1.807, 2.05) is 12.1 Å². The minimum atomic E-state index is -0.294. The number of carbonyl (C=O) groups excluding carboxylic acids is 2. The number of nitrogens with two attached hydrogens (primary N) is 1. The highest BCUT2D eigenvalue weighted by Gasteiger charge is 2.26. The van der Waals surface area contributed by atoms with Crippen molar-refractivity contribution in [2.24, 2.45) is 5.73 Å². The molecule has 0 fully saturated rings. The summed E-state index contributed by atoms with van der Waals surface area (Å²) < 4.78 is 5.13. The van der Waals surface area contributed by atoms with Crippen LogP contribution in [0.15, 0.2) is 42.7 Å². The number of fused-ring (bicyclic) bond motifs is 1. The van der Waals surface area contributed by atoms with E-state index in [0.29, 0.717) is 24.3 Å². The molecule has 0 radical (unpaired) electrons. The number of benzene rings is 1. The number of nitrogens with zero attached hydrogens (tertiary/aromatic N) is 2. The Morgan fingerprint density at radius 3 is 2.92 bits per heavy atom. The molecule has 1 aromatic heterocycles. The number of ether oxygens (including phenoxy) is 1. The van der Waals surface area contributed by atoms with Crippen LogP contribution in [0.2, 0.25) is 0 Å². The molecule has 2 aromatic rings. The van der Waals surface area contributed by atoms with Crippen LogP contribution in [-0.2, 0) is 16.0 Å². The predicted molar refractivity (Wildman–Crippen MR) is 99.2 cm³/mol. The molecule has 0 saturated heterocycles. The Morgan fingerprint density at radius 2 is 2.23 bits per heavy atom. The second kappa shape index (κ2) is 8.07. The first kappa shape index (κ1) is 18.0. The lowest BCUT2D eigenvalue weighted by atomic mass is 10.1. The Labute approximate surface area is 152 Å². The molecule has 1 atom stereocenters. The van der Waals surface area contributed by atoms with Gasteiger partial charge in [0.05, 0.1) is 18.1 Å². The van der Waals surface area contributed by atoms with E-state index in [1.165, 1.54) is 7.11 Å². The lowest BCUT2D eigenvalue weighted by Crippen LogP contribution is -2.29. The molecule has 7 heteroatoms. The maximum Gasteiger partial charge on any atom is 0.259 e. The molecule has 3 rings (SSSR count). The third-order valence-electron chi connectivity index (χ3n) is 4.42. The number of aromatic nitrogens is 1. The van der Waals surface area contributed by atoms with Crippen molar-refractivity contribution in [1.29, 1.82) is 0 Å². The van der Waals surface area contributed by atoms with Gasteiger partial charge in [-0.3, -0.25) is 14.6 Å². The van der Waals surface area contributed by atoms with Crippen LogP contribution in [0.3, 0.4) is 0 Å². The fraction of sp³-hybridized carbons (Fsp3) is 0.316. The third kappa shape index (κ3) is 3.89. The topological polar surface area (TPSA) is 97.5 Å². The van der Waals surface area contributed by atoms with Crippen LogP contribution in [-0.4, -0.2) is 43.1 Å². The second-order valence-electron chi connectivity index (χ2n) is 6.14. The van der Waals surface area contributed by atoms with E-state index in [0.717, 1.165) is 17.7 Å². The minimum absolute atomic E-state index is 0.0699. The summed E-state index contributed by atoms with van der Waals surface area (Å²) in [6, 6.07) is 9.08. The van der Waals surface area contributed by atoms with E-state index < -0.39 is 0 Å². The van der Waals surface area contributed by atoms with Gasteiger partial charge in [-0.15, -0.1) is 0 Å². The Kier molecular flexibility index (Phi) is 5.60. The van der Waals surface area contributed by atoms with Crippen LogP contribution in [0.25, 0.3) is 0 Å². The van der Waals surface area contributed by atoms with E-state index in [1.54, 1.807) is 35.5 Å². The van der Waals surface area contributed by atoms with Crippen LogP contribution in [0, 0.1) is 0 Å². The van der Waals surface area contributed by atoms with Gasteiger partial charge in [-0.25, -0.2) is 0 Å². The zero-order valence-electron chi connectivity index (χ0n) is 14.6. The number of amides is 2. The summed E-state index contributed by atoms with van der Waals surface area (Å²) in [6.45, 7) is 0.902. The summed E-state index contributed by atoms with van der Waals surface area (Å²) in [4.78, 5) is 30.5. The van der Waals surface area contributed by atoms with Crippen molar-refractivity contribution < 1.29 is 14.3 Å². The molecule has 0 saturated carbocycles. The Bertz CT molecular complexity index is 791. The Balaban J connectivity index is 1.70. The molecule has 7 nitrogen and oxygen atoms in total. The summed E-state index contributed by atoms with van der Waals surface area (Å²) in [5.41, 5.74) is 8.71. The number of carbonyl (C=O) groups is 2. The van der Waals surface area contributed by atoms with Gasteiger partial charge in [-0.2, -0.15) is 0 Å². The van der Waals surface area contributed by atoms with E-state index in [2.05, 4.69) is 10.3 Å². The highest BCUT2D eigenvalue weighted by Crippen LogP contribution is 2.31. The highest BCUT2D eigenvalue weighted by atomic mass is 16.5. The number of nitrogens with one attached hydrogen (secondary N) is 1. The smallest absolute Gasteiger partial charge is 0.259 e. The van der Waals surface area contributed by atoms with Gasteiger partial charge < -0.3 is 20.7 Å². The normalized spacial score (nSPS) is 14.0. The standard InChI is InChI=1S/C19H22N4O3/c1-26-16(11-20)10-18(24)22-15-4-5-17-13(9-15)6-8-23(17)19(25)14-3-2-7-21-12-14/h2-5,7,9,12,16H,6,8,10-11,20H2,1H3,(H,22,24). The molecule has 1 aromatic carbocycles. The van der Waals surface area contributed by atoms with Crippen molar-refractivity contribution in [1.82, 2.24) is 4.98 Å². The average molecular weight is 354 g/mol. The summed E-state index contributed by atoms with van der Waals surface area (Å²) in [7, 11) is 1.54. The van der Waals surface area contributed by atoms with Crippen LogP contribution >= 0.6 is 0 Å². The van der Waals surface area contributed by atoms with E-state index >= 15 is 0 Å². The fourth-order valence-corrected chi connectivity index (χ4v) is 3.02. The number of anilines is 2. The van der Waals surface area contributed by atoms with Gasteiger partial charge in [-0.1, -0.05) is 0 Å². The molecule has 0 aliphatic carbocycles. The monoisotopic (exact) mass is 354 g/mol. The maximum atomic E-state index is 12.7. The van der Waals surface area contributed by atoms with Crippen molar-refractivity contribution in [3.05, 3.63) is 53.9 Å². The zero-order chi connectivity index (χ0) is 18.5. The number of hydrogen-bond acceptors (Lipinski definition) is 5.